The number of halogens is 1. The Morgan fingerprint density at radius 2 is 1.86 bits per heavy atom. The lowest BCUT2D eigenvalue weighted by Crippen LogP contribution is -2.40. The summed E-state index contributed by atoms with van der Waals surface area (Å²) in [5, 5.41) is 1.90. The number of rotatable bonds is 5. The van der Waals surface area contributed by atoms with E-state index in [-0.39, 0.29) is 23.6 Å². The van der Waals surface area contributed by atoms with E-state index in [4.69, 9.17) is 0 Å². The minimum Gasteiger partial charge on any atom is -0.329 e. The van der Waals surface area contributed by atoms with Gasteiger partial charge < -0.3 is 4.90 Å². The van der Waals surface area contributed by atoms with E-state index in [1.54, 1.807) is 6.07 Å². The van der Waals surface area contributed by atoms with Crippen molar-refractivity contribution in [2.75, 3.05) is 11.5 Å². The predicted molar refractivity (Wildman–Crippen MR) is 113 cm³/mol. The summed E-state index contributed by atoms with van der Waals surface area (Å²) in [6, 6.07) is 17.3. The molecule has 7 heteroatoms. The lowest BCUT2D eigenvalue weighted by atomic mass is 10.0. The van der Waals surface area contributed by atoms with Crippen molar-refractivity contribution in [1.29, 1.82) is 0 Å². The molecule has 0 aliphatic carbocycles. The molecule has 0 bridgehead atoms. The summed E-state index contributed by atoms with van der Waals surface area (Å²) in [6.45, 7) is 0.274. The van der Waals surface area contributed by atoms with E-state index >= 15 is 0 Å². The molecule has 1 aliphatic rings. The van der Waals surface area contributed by atoms with Gasteiger partial charge in [-0.2, -0.15) is 0 Å². The third-order valence-corrected chi connectivity index (χ3v) is 7.73. The molecule has 1 fully saturated rings. The van der Waals surface area contributed by atoms with Gasteiger partial charge in [-0.05, 0) is 41.1 Å². The summed E-state index contributed by atoms with van der Waals surface area (Å²) >= 11 is 1.49. The lowest BCUT2D eigenvalue weighted by molar-refractivity contribution is 0.0678. The smallest absolute Gasteiger partial charge is 0.257 e. The van der Waals surface area contributed by atoms with Gasteiger partial charge in [0.25, 0.3) is 5.91 Å². The topological polar surface area (TPSA) is 54.5 Å². The molecule has 0 spiro atoms. The highest BCUT2D eigenvalue weighted by atomic mass is 32.2. The molecule has 1 aliphatic heterocycles. The molecule has 1 saturated heterocycles. The maximum Gasteiger partial charge on any atom is 0.257 e. The lowest BCUT2D eigenvalue weighted by Gasteiger charge is -2.28. The van der Waals surface area contributed by atoms with E-state index in [0.717, 1.165) is 10.4 Å². The summed E-state index contributed by atoms with van der Waals surface area (Å²) < 4.78 is 38.8. The van der Waals surface area contributed by atoms with Crippen LogP contribution in [-0.2, 0) is 16.4 Å². The molecule has 1 amide bonds. The third-order valence-electron chi connectivity index (χ3n) is 5.12. The van der Waals surface area contributed by atoms with Crippen molar-refractivity contribution in [2.24, 2.45) is 0 Å². The number of sulfone groups is 1. The van der Waals surface area contributed by atoms with Crippen LogP contribution in [0.4, 0.5) is 4.39 Å². The fourth-order valence-corrected chi connectivity index (χ4v) is 6.05. The van der Waals surface area contributed by atoms with Gasteiger partial charge >= 0.3 is 0 Å². The third kappa shape index (κ3) is 4.41. The number of thiophene rings is 1. The fourth-order valence-electron chi connectivity index (χ4n) is 3.61. The van der Waals surface area contributed by atoms with Gasteiger partial charge in [0.05, 0.1) is 23.6 Å². The van der Waals surface area contributed by atoms with Gasteiger partial charge in [0.2, 0.25) is 0 Å². The number of amides is 1. The first-order chi connectivity index (χ1) is 13.9. The molecular formula is C22H20FNO3S2. The number of benzene rings is 2. The van der Waals surface area contributed by atoms with E-state index in [9.17, 15) is 17.6 Å². The highest BCUT2D eigenvalue weighted by Gasteiger charge is 2.35. The highest BCUT2D eigenvalue weighted by Crippen LogP contribution is 2.27. The molecule has 0 N–H and O–H groups in total. The van der Waals surface area contributed by atoms with Crippen molar-refractivity contribution >= 4 is 27.1 Å². The van der Waals surface area contributed by atoms with Gasteiger partial charge in [-0.3, -0.25) is 4.79 Å². The molecule has 1 atom stereocenters. The van der Waals surface area contributed by atoms with Crippen LogP contribution < -0.4 is 0 Å². The average Bonchev–Trinajstić information content (AvgIpc) is 3.35. The Kier molecular flexibility index (Phi) is 5.52. The van der Waals surface area contributed by atoms with Crippen LogP contribution in [-0.4, -0.2) is 36.8 Å². The molecule has 4 rings (SSSR count). The van der Waals surface area contributed by atoms with E-state index < -0.39 is 27.6 Å². The van der Waals surface area contributed by atoms with Crippen LogP contribution >= 0.6 is 11.3 Å². The van der Waals surface area contributed by atoms with Crippen molar-refractivity contribution in [1.82, 2.24) is 4.90 Å². The summed E-state index contributed by atoms with van der Waals surface area (Å²) in [6.07, 6.45) is 0.378. The summed E-state index contributed by atoms with van der Waals surface area (Å²) in [5.41, 5.74) is 1.51. The molecule has 2 heterocycles. The van der Waals surface area contributed by atoms with Gasteiger partial charge in [0.15, 0.2) is 9.84 Å². The van der Waals surface area contributed by atoms with Crippen LogP contribution in [0.25, 0.3) is 11.1 Å². The SMILES string of the molecule is O=C(c1ccc(-c2ccccc2)cc1F)N(Cc1cccs1)C1CCS(=O)(=O)C1. The Bertz CT molecular complexity index is 1110. The maximum absolute atomic E-state index is 14.9. The number of hydrogen-bond donors (Lipinski definition) is 0. The predicted octanol–water partition coefficient (Wildman–Crippen LogP) is 4.38. The molecule has 1 aromatic heterocycles. The molecule has 3 aromatic rings. The fraction of sp³-hybridized carbons (Fsp3) is 0.227. The standard InChI is InChI=1S/C22H20FNO3S2/c23-21-13-17(16-5-2-1-3-6-16)8-9-20(21)22(25)24(14-19-7-4-11-28-19)18-10-12-29(26,27)15-18/h1-9,11,13,18H,10,12,14-15H2. The summed E-state index contributed by atoms with van der Waals surface area (Å²) in [5.74, 6) is -1.10. The van der Waals surface area contributed by atoms with E-state index in [0.29, 0.717) is 12.0 Å². The zero-order valence-corrected chi connectivity index (χ0v) is 17.3. The van der Waals surface area contributed by atoms with Crippen molar-refractivity contribution in [3.63, 3.8) is 0 Å². The second-order valence-corrected chi connectivity index (χ2v) is 10.4. The quantitative estimate of drug-likeness (QED) is 0.605. The molecule has 0 saturated carbocycles. The molecule has 4 nitrogen and oxygen atoms in total. The number of carbonyl (C=O) groups excluding carboxylic acids is 1. The molecule has 2 aromatic carbocycles. The Labute approximate surface area is 173 Å². The number of carbonyl (C=O) groups is 1. The van der Waals surface area contributed by atoms with Gasteiger partial charge in [0.1, 0.15) is 5.82 Å². The van der Waals surface area contributed by atoms with Gasteiger partial charge in [-0.1, -0.05) is 42.5 Å². The Morgan fingerprint density at radius 1 is 1.07 bits per heavy atom. The Morgan fingerprint density at radius 3 is 2.48 bits per heavy atom. The van der Waals surface area contributed by atoms with Crippen LogP contribution in [0.3, 0.4) is 0 Å². The van der Waals surface area contributed by atoms with Crippen LogP contribution in [0, 0.1) is 5.82 Å². The van der Waals surface area contributed by atoms with Crippen molar-refractivity contribution in [3.05, 3.63) is 82.3 Å². The molecular weight excluding hydrogens is 409 g/mol. The van der Waals surface area contributed by atoms with Crippen molar-refractivity contribution in [2.45, 2.75) is 19.0 Å². The first kappa shape index (κ1) is 19.8. The second kappa shape index (κ2) is 8.08. The minimum absolute atomic E-state index is 0.0365. The second-order valence-electron chi connectivity index (χ2n) is 7.13. The zero-order valence-electron chi connectivity index (χ0n) is 15.6. The maximum atomic E-state index is 14.9. The van der Waals surface area contributed by atoms with Gasteiger partial charge in [-0.15, -0.1) is 11.3 Å². The van der Waals surface area contributed by atoms with E-state index in [1.807, 2.05) is 47.8 Å². The number of nitrogens with zero attached hydrogens (tertiary/aromatic N) is 1. The van der Waals surface area contributed by atoms with Crippen LogP contribution in [0.5, 0.6) is 0 Å². The molecule has 29 heavy (non-hydrogen) atoms. The van der Waals surface area contributed by atoms with Crippen molar-refractivity contribution < 1.29 is 17.6 Å². The van der Waals surface area contributed by atoms with Crippen LogP contribution in [0.2, 0.25) is 0 Å². The summed E-state index contributed by atoms with van der Waals surface area (Å²) in [7, 11) is -3.17. The monoisotopic (exact) mass is 429 g/mol. The Hall–Kier alpha value is -2.51. The Balaban J connectivity index is 1.65. The van der Waals surface area contributed by atoms with Crippen LogP contribution in [0.1, 0.15) is 21.7 Å². The van der Waals surface area contributed by atoms with Gasteiger partial charge in [-0.25, -0.2) is 12.8 Å². The largest absolute Gasteiger partial charge is 0.329 e. The van der Waals surface area contributed by atoms with Crippen molar-refractivity contribution in [3.8, 4) is 11.1 Å². The van der Waals surface area contributed by atoms with Crippen LogP contribution in [0.15, 0.2) is 66.0 Å². The van der Waals surface area contributed by atoms with E-state index in [1.165, 1.54) is 28.4 Å². The van der Waals surface area contributed by atoms with Gasteiger partial charge in [0, 0.05) is 10.9 Å². The normalized spacial score (nSPS) is 17.9. The highest BCUT2D eigenvalue weighted by molar-refractivity contribution is 7.91. The molecule has 150 valence electrons. The molecule has 1 unspecified atom stereocenters. The average molecular weight is 430 g/mol. The summed E-state index contributed by atoms with van der Waals surface area (Å²) in [4.78, 5) is 15.7. The minimum atomic E-state index is -3.17. The van der Waals surface area contributed by atoms with E-state index in [2.05, 4.69) is 0 Å². The number of hydrogen-bond acceptors (Lipinski definition) is 4. The first-order valence-corrected chi connectivity index (χ1v) is 12.0. The zero-order chi connectivity index (χ0) is 20.4. The first-order valence-electron chi connectivity index (χ1n) is 9.32. The molecule has 0 radical (unpaired) electrons.